The van der Waals surface area contributed by atoms with Gasteiger partial charge in [-0.25, -0.2) is 0 Å². The molecule has 0 unspecified atom stereocenters. The molecule has 0 aromatic heterocycles. The smallest absolute Gasteiger partial charge is 0.119 e. The SMILES string of the molecule is COc1cccc(/C(Br)=C(/Br)c2ccc(Br)cc2)c1. The summed E-state index contributed by atoms with van der Waals surface area (Å²) in [6.07, 6.45) is 0. The Morgan fingerprint density at radius 3 is 2.16 bits per heavy atom. The van der Waals surface area contributed by atoms with Crippen molar-refractivity contribution in [3.63, 3.8) is 0 Å². The molecule has 0 saturated carbocycles. The Balaban J connectivity index is 2.42. The first kappa shape index (κ1) is 14.8. The molecule has 0 saturated heterocycles. The zero-order chi connectivity index (χ0) is 13.8. The van der Waals surface area contributed by atoms with Crippen LogP contribution in [0.5, 0.6) is 5.75 Å². The Hall–Kier alpha value is -0.580. The molecule has 0 N–H and O–H groups in total. The fourth-order valence-corrected chi connectivity index (χ4v) is 2.84. The summed E-state index contributed by atoms with van der Waals surface area (Å²) in [5, 5.41) is 0. The molecule has 2 aromatic carbocycles. The van der Waals surface area contributed by atoms with Crippen LogP contribution in [0, 0.1) is 0 Å². The van der Waals surface area contributed by atoms with Crippen molar-refractivity contribution in [3.8, 4) is 5.75 Å². The lowest BCUT2D eigenvalue weighted by Crippen LogP contribution is -1.85. The van der Waals surface area contributed by atoms with Crippen molar-refractivity contribution in [2.24, 2.45) is 0 Å². The quantitative estimate of drug-likeness (QED) is 0.520. The molecule has 0 aliphatic rings. The Morgan fingerprint density at radius 2 is 1.53 bits per heavy atom. The molecule has 98 valence electrons. The molecule has 2 rings (SSSR count). The normalized spacial score (nSPS) is 12.0. The maximum Gasteiger partial charge on any atom is 0.119 e. The van der Waals surface area contributed by atoms with Crippen LogP contribution in [0.1, 0.15) is 11.1 Å². The van der Waals surface area contributed by atoms with Gasteiger partial charge in [0.05, 0.1) is 7.11 Å². The fourth-order valence-electron chi connectivity index (χ4n) is 1.61. The van der Waals surface area contributed by atoms with Crippen molar-refractivity contribution in [1.82, 2.24) is 0 Å². The van der Waals surface area contributed by atoms with Gasteiger partial charge < -0.3 is 4.74 Å². The van der Waals surface area contributed by atoms with Crippen LogP contribution in [0.2, 0.25) is 0 Å². The van der Waals surface area contributed by atoms with E-state index in [1.54, 1.807) is 7.11 Å². The van der Waals surface area contributed by atoms with E-state index in [1.807, 2.05) is 36.4 Å². The second-order valence-electron chi connectivity index (χ2n) is 3.87. The van der Waals surface area contributed by atoms with Crippen LogP contribution in [0.4, 0.5) is 0 Å². The van der Waals surface area contributed by atoms with Crippen molar-refractivity contribution in [3.05, 3.63) is 64.1 Å². The summed E-state index contributed by atoms with van der Waals surface area (Å²) >= 11 is 10.7. The van der Waals surface area contributed by atoms with Crippen LogP contribution in [0.25, 0.3) is 8.96 Å². The zero-order valence-corrected chi connectivity index (χ0v) is 14.9. The first-order valence-corrected chi connectivity index (χ1v) is 7.95. The number of benzene rings is 2. The van der Waals surface area contributed by atoms with Gasteiger partial charge in [-0.3, -0.25) is 0 Å². The monoisotopic (exact) mass is 444 g/mol. The van der Waals surface area contributed by atoms with Gasteiger partial charge in [-0.05, 0) is 67.3 Å². The number of methoxy groups -OCH3 is 1. The lowest BCUT2D eigenvalue weighted by atomic mass is 10.1. The summed E-state index contributed by atoms with van der Waals surface area (Å²) in [4.78, 5) is 0. The van der Waals surface area contributed by atoms with Gasteiger partial charge in [0.2, 0.25) is 0 Å². The Kier molecular flexibility index (Phi) is 5.25. The van der Waals surface area contributed by atoms with Gasteiger partial charge in [-0.15, -0.1) is 0 Å². The maximum absolute atomic E-state index is 5.24. The standard InChI is InChI=1S/C15H11Br3O/c1-19-13-4-2-3-11(9-13)15(18)14(17)10-5-7-12(16)8-6-10/h2-9H,1H3/b15-14-. The van der Waals surface area contributed by atoms with Crippen molar-refractivity contribution < 1.29 is 4.74 Å². The fraction of sp³-hybridized carbons (Fsp3) is 0.0667. The van der Waals surface area contributed by atoms with Crippen LogP contribution >= 0.6 is 47.8 Å². The Labute approximate surface area is 138 Å². The molecule has 4 heteroatoms. The van der Waals surface area contributed by atoms with E-state index in [4.69, 9.17) is 4.74 Å². The van der Waals surface area contributed by atoms with E-state index in [1.165, 1.54) is 0 Å². The van der Waals surface area contributed by atoms with Crippen molar-refractivity contribution >= 4 is 56.8 Å². The first-order chi connectivity index (χ1) is 9.11. The van der Waals surface area contributed by atoms with Crippen LogP contribution in [-0.4, -0.2) is 7.11 Å². The highest BCUT2D eigenvalue weighted by molar-refractivity contribution is 9.18. The third kappa shape index (κ3) is 3.71. The zero-order valence-electron chi connectivity index (χ0n) is 10.2. The van der Waals surface area contributed by atoms with E-state index in [2.05, 4.69) is 59.9 Å². The van der Waals surface area contributed by atoms with Crippen molar-refractivity contribution in [2.45, 2.75) is 0 Å². The Morgan fingerprint density at radius 1 is 0.895 bits per heavy atom. The second kappa shape index (κ2) is 6.73. The van der Waals surface area contributed by atoms with E-state index >= 15 is 0 Å². The van der Waals surface area contributed by atoms with Gasteiger partial charge in [-0.1, -0.05) is 40.2 Å². The number of rotatable bonds is 3. The van der Waals surface area contributed by atoms with Crippen LogP contribution in [0.15, 0.2) is 53.0 Å². The third-order valence-electron chi connectivity index (χ3n) is 2.61. The number of ether oxygens (including phenoxy) is 1. The molecule has 0 aliphatic carbocycles. The molecule has 0 radical (unpaired) electrons. The molecule has 0 heterocycles. The molecule has 0 fully saturated rings. The highest BCUT2D eigenvalue weighted by Gasteiger charge is 2.07. The molecular weight excluding hydrogens is 436 g/mol. The largest absolute Gasteiger partial charge is 0.497 e. The first-order valence-electron chi connectivity index (χ1n) is 5.57. The van der Waals surface area contributed by atoms with Gasteiger partial charge in [0.1, 0.15) is 5.75 Å². The number of halogens is 3. The Bertz CT molecular complexity index is 603. The summed E-state index contributed by atoms with van der Waals surface area (Å²) in [6.45, 7) is 0. The number of hydrogen-bond acceptors (Lipinski definition) is 1. The summed E-state index contributed by atoms with van der Waals surface area (Å²) in [6, 6.07) is 16.1. The predicted molar refractivity (Wildman–Crippen MR) is 91.8 cm³/mol. The second-order valence-corrected chi connectivity index (χ2v) is 6.37. The maximum atomic E-state index is 5.24. The molecule has 1 nitrogen and oxygen atoms in total. The highest BCUT2D eigenvalue weighted by atomic mass is 79.9. The summed E-state index contributed by atoms with van der Waals surface area (Å²) in [5.74, 6) is 0.838. The predicted octanol–water partition coefficient (Wildman–Crippen LogP) is 6.07. The number of hydrogen-bond donors (Lipinski definition) is 0. The molecule has 0 atom stereocenters. The van der Waals surface area contributed by atoms with Gasteiger partial charge >= 0.3 is 0 Å². The minimum atomic E-state index is 0.838. The third-order valence-corrected chi connectivity index (χ3v) is 5.38. The van der Waals surface area contributed by atoms with Crippen LogP contribution in [0.3, 0.4) is 0 Å². The molecule has 0 bridgehead atoms. The molecule has 0 spiro atoms. The van der Waals surface area contributed by atoms with Crippen LogP contribution in [-0.2, 0) is 0 Å². The van der Waals surface area contributed by atoms with Gasteiger partial charge in [-0.2, -0.15) is 0 Å². The van der Waals surface area contributed by atoms with E-state index < -0.39 is 0 Å². The van der Waals surface area contributed by atoms with E-state index in [9.17, 15) is 0 Å². The molecule has 19 heavy (non-hydrogen) atoms. The topological polar surface area (TPSA) is 9.23 Å². The van der Waals surface area contributed by atoms with Crippen molar-refractivity contribution in [1.29, 1.82) is 0 Å². The van der Waals surface area contributed by atoms with Gasteiger partial charge in [0.15, 0.2) is 0 Å². The summed E-state index contributed by atoms with van der Waals surface area (Å²) in [7, 11) is 1.67. The van der Waals surface area contributed by atoms with E-state index in [-0.39, 0.29) is 0 Å². The lowest BCUT2D eigenvalue weighted by Gasteiger charge is -2.07. The minimum Gasteiger partial charge on any atom is -0.497 e. The van der Waals surface area contributed by atoms with E-state index in [0.29, 0.717) is 0 Å². The van der Waals surface area contributed by atoms with Crippen molar-refractivity contribution in [2.75, 3.05) is 7.11 Å². The molecule has 0 amide bonds. The lowest BCUT2D eigenvalue weighted by molar-refractivity contribution is 0.414. The molecule has 0 aliphatic heterocycles. The average molecular weight is 447 g/mol. The van der Waals surface area contributed by atoms with E-state index in [0.717, 1.165) is 30.3 Å². The average Bonchev–Trinajstić information content (AvgIpc) is 2.46. The summed E-state index contributed by atoms with van der Waals surface area (Å²) < 4.78 is 8.31. The highest BCUT2D eigenvalue weighted by Crippen LogP contribution is 2.36. The molecule has 2 aromatic rings. The van der Waals surface area contributed by atoms with Gasteiger partial charge in [0, 0.05) is 13.4 Å². The molecular formula is C15H11Br3O. The minimum absolute atomic E-state index is 0.838. The summed E-state index contributed by atoms with van der Waals surface area (Å²) in [5.41, 5.74) is 2.17. The van der Waals surface area contributed by atoms with Gasteiger partial charge in [0.25, 0.3) is 0 Å². The van der Waals surface area contributed by atoms with Crippen LogP contribution < -0.4 is 4.74 Å².